The minimum atomic E-state index is 0.152. The van der Waals surface area contributed by atoms with Crippen LogP contribution in [0.25, 0.3) is 17.0 Å². The van der Waals surface area contributed by atoms with Crippen molar-refractivity contribution in [1.82, 2.24) is 19.5 Å². The van der Waals surface area contributed by atoms with Gasteiger partial charge < -0.3 is 5.11 Å². The van der Waals surface area contributed by atoms with Gasteiger partial charge in [0.25, 0.3) is 0 Å². The molecular weight excluding hydrogens is 240 g/mol. The zero-order valence-corrected chi connectivity index (χ0v) is 10.4. The van der Waals surface area contributed by atoms with E-state index in [0.717, 1.165) is 22.8 Å². The molecule has 0 aromatic carbocycles. The number of aliphatic hydroxyl groups is 1. The topological polar surface area (TPSA) is 63.8 Å². The first kappa shape index (κ1) is 11.8. The molecule has 3 rings (SSSR count). The van der Waals surface area contributed by atoms with Gasteiger partial charge in [0, 0.05) is 25.4 Å². The summed E-state index contributed by atoms with van der Waals surface area (Å²) >= 11 is 0. The summed E-state index contributed by atoms with van der Waals surface area (Å²) in [7, 11) is 0. The van der Waals surface area contributed by atoms with Crippen molar-refractivity contribution in [1.29, 1.82) is 0 Å². The number of hydrogen-bond donors (Lipinski definition) is 1. The van der Waals surface area contributed by atoms with Crippen LogP contribution in [0.2, 0.25) is 0 Å². The first-order valence-corrected chi connectivity index (χ1v) is 6.25. The Bertz CT molecular complexity index is 678. The van der Waals surface area contributed by atoms with Crippen LogP contribution in [0.5, 0.6) is 0 Å². The average Bonchev–Trinajstić information content (AvgIpc) is 2.84. The van der Waals surface area contributed by atoms with Crippen LogP contribution in [0.4, 0.5) is 0 Å². The normalized spacial score (nSPS) is 11.0. The van der Waals surface area contributed by atoms with Gasteiger partial charge in [-0.05, 0) is 30.7 Å². The molecule has 3 aromatic heterocycles. The largest absolute Gasteiger partial charge is 0.396 e. The second-order valence-electron chi connectivity index (χ2n) is 4.22. The van der Waals surface area contributed by atoms with Crippen molar-refractivity contribution in [2.24, 2.45) is 0 Å². The number of aromatic nitrogens is 4. The van der Waals surface area contributed by atoms with Gasteiger partial charge in [-0.2, -0.15) is 0 Å². The second kappa shape index (κ2) is 5.16. The molecule has 96 valence electrons. The van der Waals surface area contributed by atoms with Crippen LogP contribution in [-0.4, -0.2) is 31.2 Å². The highest BCUT2D eigenvalue weighted by molar-refractivity contribution is 5.73. The van der Waals surface area contributed by atoms with E-state index < -0.39 is 0 Å². The summed E-state index contributed by atoms with van der Waals surface area (Å²) in [6, 6.07) is 9.55. The molecule has 0 radical (unpaired) electrons. The fraction of sp³-hybridized carbons (Fsp3) is 0.214. The van der Waals surface area contributed by atoms with Crippen LogP contribution in [0.3, 0.4) is 0 Å². The van der Waals surface area contributed by atoms with Crippen LogP contribution < -0.4 is 0 Å². The van der Waals surface area contributed by atoms with E-state index in [0.29, 0.717) is 12.8 Å². The molecule has 0 aliphatic rings. The van der Waals surface area contributed by atoms with Gasteiger partial charge in [0.2, 0.25) is 0 Å². The Morgan fingerprint density at radius 2 is 1.95 bits per heavy atom. The maximum absolute atomic E-state index is 9.00. The fourth-order valence-corrected chi connectivity index (χ4v) is 2.09. The molecule has 1 N–H and O–H groups in total. The number of aliphatic hydroxyl groups excluding tert-OH is 1. The minimum Gasteiger partial charge on any atom is -0.396 e. The molecule has 0 fully saturated rings. The van der Waals surface area contributed by atoms with Crippen LogP contribution >= 0.6 is 0 Å². The van der Waals surface area contributed by atoms with Crippen molar-refractivity contribution in [2.75, 3.05) is 6.61 Å². The third-order valence-electron chi connectivity index (χ3n) is 2.92. The highest BCUT2D eigenvalue weighted by Crippen LogP contribution is 2.19. The van der Waals surface area contributed by atoms with Gasteiger partial charge in [0.1, 0.15) is 17.2 Å². The summed E-state index contributed by atoms with van der Waals surface area (Å²) in [5.74, 6) is 1.68. The molecule has 3 aromatic rings. The number of fused-ring (bicyclic) bond motifs is 1. The lowest BCUT2D eigenvalue weighted by atomic mass is 10.3. The molecule has 0 spiro atoms. The number of aryl methyl sites for hydroxylation is 1. The summed E-state index contributed by atoms with van der Waals surface area (Å²) in [6.45, 7) is 0.152. The standard InChI is InChI=1S/C14H14N4O/c19-10-4-7-13-17-11-5-3-9-16-14(11)18(13)12-6-1-2-8-15-12/h1-3,5-6,8-9,19H,4,7,10H2. The van der Waals surface area contributed by atoms with E-state index >= 15 is 0 Å². The zero-order chi connectivity index (χ0) is 13.1. The summed E-state index contributed by atoms with van der Waals surface area (Å²) in [5, 5.41) is 9.00. The van der Waals surface area contributed by atoms with Gasteiger partial charge in [0.05, 0.1) is 0 Å². The van der Waals surface area contributed by atoms with E-state index in [1.165, 1.54) is 0 Å². The van der Waals surface area contributed by atoms with Gasteiger partial charge >= 0.3 is 0 Å². The molecule has 5 nitrogen and oxygen atoms in total. The SMILES string of the molecule is OCCCc1nc2cccnc2n1-c1ccccn1. The Labute approximate surface area is 110 Å². The number of pyridine rings is 2. The molecule has 0 aliphatic heterocycles. The fourth-order valence-electron chi connectivity index (χ4n) is 2.09. The third kappa shape index (κ3) is 2.20. The van der Waals surface area contributed by atoms with Crippen LogP contribution in [0, 0.1) is 0 Å². The second-order valence-corrected chi connectivity index (χ2v) is 4.22. The maximum Gasteiger partial charge on any atom is 0.165 e. The predicted molar refractivity (Wildman–Crippen MR) is 72.1 cm³/mol. The molecule has 0 aliphatic carbocycles. The molecule has 3 heterocycles. The molecule has 0 amide bonds. The smallest absolute Gasteiger partial charge is 0.165 e. The number of nitrogens with zero attached hydrogens (tertiary/aromatic N) is 4. The minimum absolute atomic E-state index is 0.152. The zero-order valence-electron chi connectivity index (χ0n) is 10.4. The molecular formula is C14H14N4O. The van der Waals surface area contributed by atoms with Crippen molar-refractivity contribution in [3.8, 4) is 5.82 Å². The lowest BCUT2D eigenvalue weighted by Gasteiger charge is -2.06. The van der Waals surface area contributed by atoms with Gasteiger partial charge in [-0.15, -0.1) is 0 Å². The summed E-state index contributed by atoms with van der Waals surface area (Å²) in [6.07, 6.45) is 4.87. The van der Waals surface area contributed by atoms with Crippen molar-refractivity contribution in [3.63, 3.8) is 0 Å². The summed E-state index contributed by atoms with van der Waals surface area (Å²) < 4.78 is 1.95. The maximum atomic E-state index is 9.00. The highest BCUT2D eigenvalue weighted by atomic mass is 16.2. The van der Waals surface area contributed by atoms with Gasteiger partial charge in [0.15, 0.2) is 5.65 Å². The molecule has 0 saturated heterocycles. The average molecular weight is 254 g/mol. The summed E-state index contributed by atoms with van der Waals surface area (Å²) in [4.78, 5) is 13.3. The van der Waals surface area contributed by atoms with Crippen molar-refractivity contribution in [3.05, 3.63) is 48.5 Å². The molecule has 0 unspecified atom stereocenters. The highest BCUT2D eigenvalue weighted by Gasteiger charge is 2.13. The predicted octanol–water partition coefficient (Wildman–Crippen LogP) is 1.74. The van der Waals surface area contributed by atoms with E-state index in [-0.39, 0.29) is 6.61 Å². The van der Waals surface area contributed by atoms with Crippen molar-refractivity contribution < 1.29 is 5.11 Å². The monoisotopic (exact) mass is 254 g/mol. The number of hydrogen-bond acceptors (Lipinski definition) is 4. The first-order valence-electron chi connectivity index (χ1n) is 6.25. The quantitative estimate of drug-likeness (QED) is 0.770. The van der Waals surface area contributed by atoms with Crippen LogP contribution in [0.1, 0.15) is 12.2 Å². The molecule has 0 atom stereocenters. The van der Waals surface area contributed by atoms with Gasteiger partial charge in [-0.1, -0.05) is 6.07 Å². The van der Waals surface area contributed by atoms with E-state index in [1.54, 1.807) is 12.4 Å². The van der Waals surface area contributed by atoms with E-state index in [1.807, 2.05) is 34.9 Å². The molecule has 19 heavy (non-hydrogen) atoms. The third-order valence-corrected chi connectivity index (χ3v) is 2.92. The first-order chi connectivity index (χ1) is 9.40. The van der Waals surface area contributed by atoms with Crippen molar-refractivity contribution >= 4 is 11.2 Å². The number of rotatable bonds is 4. The van der Waals surface area contributed by atoms with E-state index in [4.69, 9.17) is 5.11 Å². The van der Waals surface area contributed by atoms with E-state index in [2.05, 4.69) is 15.0 Å². The van der Waals surface area contributed by atoms with Crippen molar-refractivity contribution in [2.45, 2.75) is 12.8 Å². The van der Waals surface area contributed by atoms with Crippen LogP contribution in [-0.2, 0) is 6.42 Å². The van der Waals surface area contributed by atoms with Gasteiger partial charge in [-0.25, -0.2) is 15.0 Å². The Hall–Kier alpha value is -2.27. The van der Waals surface area contributed by atoms with Crippen LogP contribution in [0.15, 0.2) is 42.7 Å². The molecule has 0 saturated carbocycles. The lowest BCUT2D eigenvalue weighted by Crippen LogP contribution is -2.04. The Balaban J connectivity index is 2.19. The lowest BCUT2D eigenvalue weighted by molar-refractivity contribution is 0.287. The Kier molecular flexibility index (Phi) is 3.20. The summed E-state index contributed by atoms with van der Waals surface area (Å²) in [5.41, 5.74) is 1.65. The Morgan fingerprint density at radius 1 is 1.05 bits per heavy atom. The van der Waals surface area contributed by atoms with Gasteiger partial charge in [-0.3, -0.25) is 4.57 Å². The molecule has 0 bridgehead atoms. The molecule has 5 heteroatoms. The Morgan fingerprint density at radius 3 is 2.74 bits per heavy atom. The number of imidazole rings is 1. The van der Waals surface area contributed by atoms with E-state index in [9.17, 15) is 0 Å².